The van der Waals surface area contributed by atoms with Crippen molar-refractivity contribution in [3.05, 3.63) is 41.9 Å². The first-order valence-corrected chi connectivity index (χ1v) is 8.50. The highest BCUT2D eigenvalue weighted by Gasteiger charge is 2.21. The lowest BCUT2D eigenvalue weighted by Gasteiger charge is -2.14. The van der Waals surface area contributed by atoms with Gasteiger partial charge in [0.2, 0.25) is 0 Å². The number of likely N-dealkylation sites (tertiary alicyclic amines) is 1. The molecule has 8 nitrogen and oxygen atoms in total. The molecule has 2 amide bonds. The second-order valence-electron chi connectivity index (χ2n) is 6.46. The molecule has 0 aromatic carbocycles. The smallest absolute Gasteiger partial charge is 0.320 e. The number of nitrogens with one attached hydrogen (secondary N) is 4. The molecule has 3 rings (SSSR count). The summed E-state index contributed by atoms with van der Waals surface area (Å²) in [6, 6.07) is 5.30. The van der Waals surface area contributed by atoms with Gasteiger partial charge in [-0.1, -0.05) is 0 Å². The number of rotatable bonds is 5. The summed E-state index contributed by atoms with van der Waals surface area (Å²) in [5.41, 5.74) is 3.08. The van der Waals surface area contributed by atoms with E-state index in [0.29, 0.717) is 17.1 Å². The first-order valence-electron chi connectivity index (χ1n) is 8.50. The van der Waals surface area contributed by atoms with E-state index < -0.39 is 0 Å². The van der Waals surface area contributed by atoms with Crippen LogP contribution < -0.4 is 16.0 Å². The van der Waals surface area contributed by atoms with Gasteiger partial charge in [-0.3, -0.25) is 10.3 Å². The maximum Gasteiger partial charge on any atom is 0.320 e. The van der Waals surface area contributed by atoms with Crippen LogP contribution in [0.1, 0.15) is 17.7 Å². The second kappa shape index (κ2) is 7.92. The maximum absolute atomic E-state index is 12.1. The molecule has 3 heterocycles. The van der Waals surface area contributed by atoms with Gasteiger partial charge in [-0.2, -0.15) is 0 Å². The van der Waals surface area contributed by atoms with Crippen LogP contribution in [0.3, 0.4) is 0 Å². The van der Waals surface area contributed by atoms with Gasteiger partial charge < -0.3 is 20.9 Å². The van der Waals surface area contributed by atoms with Crippen molar-refractivity contribution in [2.24, 2.45) is 0 Å². The van der Waals surface area contributed by atoms with Gasteiger partial charge in [-0.25, -0.2) is 9.78 Å². The van der Waals surface area contributed by atoms with E-state index in [1.807, 2.05) is 26.1 Å². The highest BCUT2D eigenvalue weighted by atomic mass is 16.2. The zero-order valence-corrected chi connectivity index (χ0v) is 14.9. The number of hydrogen-bond donors (Lipinski definition) is 4. The van der Waals surface area contributed by atoms with Crippen molar-refractivity contribution in [1.82, 2.24) is 20.2 Å². The van der Waals surface area contributed by atoms with Crippen LogP contribution >= 0.6 is 0 Å². The number of likely N-dealkylation sites (N-methyl/N-ethyl adjacent to an activating group) is 1. The zero-order chi connectivity index (χ0) is 18.5. The molecule has 1 saturated heterocycles. The Morgan fingerprint density at radius 2 is 2.23 bits per heavy atom. The maximum atomic E-state index is 12.1. The number of aromatic nitrogens is 2. The lowest BCUT2D eigenvalue weighted by atomic mass is 10.2. The van der Waals surface area contributed by atoms with E-state index >= 15 is 0 Å². The number of carbonyl (C=O) groups excluding carboxylic acids is 1. The Labute approximate surface area is 152 Å². The quantitative estimate of drug-likeness (QED) is 0.618. The van der Waals surface area contributed by atoms with Crippen LogP contribution in [0.2, 0.25) is 0 Å². The van der Waals surface area contributed by atoms with E-state index in [1.54, 1.807) is 18.5 Å². The van der Waals surface area contributed by atoms with Crippen LogP contribution in [-0.4, -0.2) is 53.3 Å². The summed E-state index contributed by atoms with van der Waals surface area (Å²) < 4.78 is 0. The monoisotopic (exact) mass is 353 g/mol. The average molecular weight is 353 g/mol. The lowest BCUT2D eigenvalue weighted by Crippen LogP contribution is -2.39. The third kappa shape index (κ3) is 4.54. The minimum absolute atomic E-state index is 0.151. The normalized spacial score (nSPS) is 16.9. The number of nitrogens with zero attached hydrogens (tertiary/aromatic N) is 3. The van der Waals surface area contributed by atoms with E-state index in [1.165, 1.54) is 6.21 Å². The minimum Gasteiger partial charge on any atom is -0.354 e. The molecule has 1 atom stereocenters. The zero-order valence-electron chi connectivity index (χ0n) is 14.9. The molecule has 8 heteroatoms. The molecular formula is C18H23N7O. The molecule has 0 aliphatic carbocycles. The molecule has 2 aromatic heterocycles. The van der Waals surface area contributed by atoms with Gasteiger partial charge in [0.25, 0.3) is 0 Å². The molecular weight excluding hydrogens is 330 g/mol. The lowest BCUT2D eigenvalue weighted by molar-refractivity contribution is 0.248. The number of pyridine rings is 2. The predicted molar refractivity (Wildman–Crippen MR) is 102 cm³/mol. The summed E-state index contributed by atoms with van der Waals surface area (Å²) in [5, 5.41) is 16.5. The number of urea groups is 1. The fraction of sp³-hybridized carbons (Fsp3) is 0.333. The van der Waals surface area contributed by atoms with Crippen molar-refractivity contribution in [2.45, 2.75) is 19.4 Å². The van der Waals surface area contributed by atoms with E-state index in [9.17, 15) is 4.79 Å². The summed E-state index contributed by atoms with van der Waals surface area (Å²) in [6.07, 6.45) is 5.50. The Bertz CT molecular complexity index is 808. The Balaban J connectivity index is 1.66. The Kier molecular flexibility index (Phi) is 5.43. The number of anilines is 3. The molecule has 0 bridgehead atoms. The van der Waals surface area contributed by atoms with Crippen molar-refractivity contribution < 1.29 is 4.79 Å². The summed E-state index contributed by atoms with van der Waals surface area (Å²) >= 11 is 0. The van der Waals surface area contributed by atoms with Crippen molar-refractivity contribution in [2.75, 3.05) is 30.8 Å². The third-order valence-electron chi connectivity index (χ3n) is 4.24. The van der Waals surface area contributed by atoms with Crippen molar-refractivity contribution >= 4 is 29.4 Å². The van der Waals surface area contributed by atoms with Gasteiger partial charge in [0.1, 0.15) is 5.82 Å². The molecule has 0 spiro atoms. The summed E-state index contributed by atoms with van der Waals surface area (Å²) in [4.78, 5) is 22.7. The molecule has 2 aromatic rings. The third-order valence-corrected chi connectivity index (χ3v) is 4.24. The molecule has 1 aliphatic rings. The molecule has 4 N–H and O–H groups in total. The Morgan fingerprint density at radius 1 is 1.38 bits per heavy atom. The van der Waals surface area contributed by atoms with Crippen LogP contribution in [0, 0.1) is 12.3 Å². The standard InChI is InChI=1S/C18H23N7O/c1-12-7-14(3-5-20-12)22-16-10-21-17(8-13(16)9-19)24-18(26)23-15-4-6-25(2)11-15/h3,5,7-10,15,19H,4,6,11H2,1-2H3,(H,20,22)(H2,21,23,24,26)/t15-/m1/s1. The first-order chi connectivity index (χ1) is 12.5. The summed E-state index contributed by atoms with van der Waals surface area (Å²) in [7, 11) is 2.04. The number of aryl methyl sites for hydroxylation is 1. The van der Waals surface area contributed by atoms with E-state index in [4.69, 9.17) is 5.41 Å². The fourth-order valence-electron chi connectivity index (χ4n) is 2.93. The van der Waals surface area contributed by atoms with Gasteiger partial charge in [-0.15, -0.1) is 0 Å². The molecule has 136 valence electrons. The summed E-state index contributed by atoms with van der Waals surface area (Å²) in [6.45, 7) is 3.74. The van der Waals surface area contributed by atoms with Gasteiger partial charge in [0.05, 0.1) is 11.9 Å². The van der Waals surface area contributed by atoms with Crippen LogP contribution in [-0.2, 0) is 0 Å². The fourth-order valence-corrected chi connectivity index (χ4v) is 2.93. The Hall–Kier alpha value is -3.00. The van der Waals surface area contributed by atoms with Crippen molar-refractivity contribution in [3.63, 3.8) is 0 Å². The van der Waals surface area contributed by atoms with Gasteiger partial charge in [0.15, 0.2) is 0 Å². The van der Waals surface area contributed by atoms with Crippen molar-refractivity contribution in [3.8, 4) is 0 Å². The van der Waals surface area contributed by atoms with Crippen LogP contribution in [0.25, 0.3) is 0 Å². The van der Waals surface area contributed by atoms with E-state index in [0.717, 1.165) is 30.9 Å². The topological polar surface area (TPSA) is 106 Å². The van der Waals surface area contributed by atoms with Gasteiger partial charge >= 0.3 is 6.03 Å². The average Bonchev–Trinajstić information content (AvgIpc) is 3.01. The molecule has 1 fully saturated rings. The van der Waals surface area contributed by atoms with Gasteiger partial charge in [-0.05, 0) is 45.1 Å². The minimum atomic E-state index is -0.279. The van der Waals surface area contributed by atoms with E-state index in [-0.39, 0.29) is 12.1 Å². The predicted octanol–water partition coefficient (Wildman–Crippen LogP) is 2.35. The molecule has 0 unspecified atom stereocenters. The SMILES string of the molecule is Cc1cc(Nc2cnc(NC(=O)N[C@@H]3CCN(C)C3)cc2C=N)ccn1. The van der Waals surface area contributed by atoms with Crippen LogP contribution in [0.5, 0.6) is 0 Å². The molecule has 0 radical (unpaired) electrons. The summed E-state index contributed by atoms with van der Waals surface area (Å²) in [5.74, 6) is 0.406. The van der Waals surface area contributed by atoms with Crippen LogP contribution in [0.4, 0.5) is 22.0 Å². The number of carbonyl (C=O) groups is 1. The van der Waals surface area contributed by atoms with Gasteiger partial charge in [0, 0.05) is 41.9 Å². The highest BCUT2D eigenvalue weighted by molar-refractivity contribution is 5.92. The first kappa shape index (κ1) is 17.8. The number of hydrogen-bond acceptors (Lipinski definition) is 6. The van der Waals surface area contributed by atoms with Crippen molar-refractivity contribution in [1.29, 1.82) is 5.41 Å². The molecule has 1 aliphatic heterocycles. The molecule has 0 saturated carbocycles. The van der Waals surface area contributed by atoms with E-state index in [2.05, 4.69) is 30.8 Å². The largest absolute Gasteiger partial charge is 0.354 e. The Morgan fingerprint density at radius 3 is 2.92 bits per heavy atom. The number of amides is 2. The highest BCUT2D eigenvalue weighted by Crippen LogP contribution is 2.21. The second-order valence-corrected chi connectivity index (χ2v) is 6.46. The van der Waals surface area contributed by atoms with Crippen LogP contribution in [0.15, 0.2) is 30.6 Å². The molecule has 26 heavy (non-hydrogen) atoms.